The maximum absolute atomic E-state index is 11.3. The highest BCUT2D eigenvalue weighted by atomic mass is 16.7. The largest absolute Gasteiger partial charge is 0.466 e. The lowest BCUT2D eigenvalue weighted by molar-refractivity contribution is -0.186. The Bertz CT molecular complexity index is 392. The topological polar surface area (TPSA) is 74.3 Å². The number of hydrogen-bond donors (Lipinski definition) is 0. The van der Waals surface area contributed by atoms with E-state index < -0.39 is 11.9 Å². The van der Waals surface area contributed by atoms with Crippen molar-refractivity contribution in [2.24, 2.45) is 0 Å². The predicted molar refractivity (Wildman–Crippen MR) is 72.4 cm³/mol. The third-order valence-corrected chi connectivity index (χ3v) is 3.64. The van der Waals surface area contributed by atoms with Crippen LogP contribution in [0.2, 0.25) is 0 Å². The van der Waals surface area contributed by atoms with Crippen molar-refractivity contribution in [2.45, 2.75) is 18.6 Å². The summed E-state index contributed by atoms with van der Waals surface area (Å²) >= 11 is 0. The van der Waals surface area contributed by atoms with Crippen LogP contribution in [0.5, 0.6) is 0 Å². The molecule has 0 amide bonds. The Morgan fingerprint density at radius 1 is 1.14 bits per heavy atom. The second-order valence-electron chi connectivity index (χ2n) is 4.97. The van der Waals surface area contributed by atoms with E-state index in [1.807, 2.05) is 0 Å². The first-order valence-corrected chi connectivity index (χ1v) is 7.07. The summed E-state index contributed by atoms with van der Waals surface area (Å²) in [4.78, 5) is 24.3. The van der Waals surface area contributed by atoms with Gasteiger partial charge in [-0.1, -0.05) is 0 Å². The number of nitrogens with zero attached hydrogens (tertiary/aromatic N) is 1. The van der Waals surface area contributed by atoms with Crippen LogP contribution in [0.3, 0.4) is 0 Å². The van der Waals surface area contributed by atoms with Crippen molar-refractivity contribution in [3.8, 4) is 0 Å². The van der Waals surface area contributed by atoms with Gasteiger partial charge in [0.2, 0.25) is 0 Å². The number of methoxy groups -OCH3 is 1. The molecule has 0 aliphatic carbocycles. The molecular formula is C14H21NO6. The number of rotatable bonds is 5. The fraction of sp³-hybridized carbons (Fsp3) is 0.714. The molecule has 0 aromatic heterocycles. The number of carbonyl (C=O) groups is 2. The molecule has 21 heavy (non-hydrogen) atoms. The van der Waals surface area contributed by atoms with Gasteiger partial charge in [0.25, 0.3) is 0 Å². The second kappa shape index (κ2) is 7.53. The lowest BCUT2D eigenvalue weighted by atomic mass is 10.0. The van der Waals surface area contributed by atoms with Crippen LogP contribution in [0.1, 0.15) is 12.8 Å². The van der Waals surface area contributed by atoms with Gasteiger partial charge >= 0.3 is 11.9 Å². The van der Waals surface area contributed by atoms with Gasteiger partial charge in [-0.3, -0.25) is 4.90 Å². The zero-order valence-electron chi connectivity index (χ0n) is 12.2. The van der Waals surface area contributed by atoms with E-state index in [1.54, 1.807) is 0 Å². The van der Waals surface area contributed by atoms with Crippen LogP contribution in [0, 0.1) is 0 Å². The van der Waals surface area contributed by atoms with E-state index >= 15 is 0 Å². The molecular weight excluding hydrogens is 278 g/mol. The van der Waals surface area contributed by atoms with Crippen LogP contribution in [-0.4, -0.2) is 69.2 Å². The first kappa shape index (κ1) is 15.9. The highest BCUT2D eigenvalue weighted by molar-refractivity contribution is 5.91. The molecule has 0 unspecified atom stereocenters. The Morgan fingerprint density at radius 2 is 1.76 bits per heavy atom. The highest BCUT2D eigenvalue weighted by Crippen LogP contribution is 2.30. The smallest absolute Gasteiger partial charge is 0.331 e. The summed E-state index contributed by atoms with van der Waals surface area (Å²) in [6.45, 7) is 4.01. The maximum Gasteiger partial charge on any atom is 0.331 e. The third kappa shape index (κ3) is 4.80. The van der Waals surface area contributed by atoms with E-state index in [4.69, 9.17) is 14.2 Å². The number of carbonyl (C=O) groups excluding carboxylic acids is 2. The minimum absolute atomic E-state index is 0.291. The van der Waals surface area contributed by atoms with E-state index in [1.165, 1.54) is 7.11 Å². The van der Waals surface area contributed by atoms with E-state index in [-0.39, 0.29) is 5.79 Å². The summed E-state index contributed by atoms with van der Waals surface area (Å²) in [5.41, 5.74) is 0. The van der Waals surface area contributed by atoms with E-state index in [0.29, 0.717) is 26.4 Å². The van der Waals surface area contributed by atoms with Crippen LogP contribution in [0.25, 0.3) is 0 Å². The van der Waals surface area contributed by atoms with E-state index in [0.717, 1.165) is 38.1 Å². The lowest BCUT2D eigenvalue weighted by Gasteiger charge is -2.37. The molecule has 2 aliphatic heterocycles. The number of ether oxygens (including phenoxy) is 4. The molecule has 118 valence electrons. The van der Waals surface area contributed by atoms with Crippen LogP contribution in [-0.2, 0) is 28.5 Å². The minimum Gasteiger partial charge on any atom is -0.466 e. The summed E-state index contributed by atoms with van der Waals surface area (Å²) in [6.07, 6.45) is 3.78. The molecule has 0 N–H and O–H groups in total. The lowest BCUT2D eigenvalue weighted by Crippen LogP contribution is -2.46. The zero-order chi connectivity index (χ0) is 15.1. The SMILES string of the molecule is COC(=O)C=CC(=O)OCCN1CCC2(CC1)OCCO2. The van der Waals surface area contributed by atoms with Gasteiger partial charge in [0, 0.05) is 44.6 Å². The van der Waals surface area contributed by atoms with Gasteiger partial charge < -0.3 is 18.9 Å². The predicted octanol–water partition coefficient (Wildman–Crippen LogP) is 0.0977. The van der Waals surface area contributed by atoms with E-state index in [2.05, 4.69) is 9.64 Å². The fourth-order valence-corrected chi connectivity index (χ4v) is 2.43. The summed E-state index contributed by atoms with van der Waals surface area (Å²) in [5.74, 6) is -1.50. The average molecular weight is 299 g/mol. The van der Waals surface area contributed by atoms with Crippen LogP contribution >= 0.6 is 0 Å². The van der Waals surface area contributed by atoms with Gasteiger partial charge in [0.1, 0.15) is 6.61 Å². The van der Waals surface area contributed by atoms with Crippen molar-refractivity contribution < 1.29 is 28.5 Å². The normalized spacial score (nSPS) is 21.8. The molecule has 0 radical (unpaired) electrons. The van der Waals surface area contributed by atoms with Gasteiger partial charge in [-0.15, -0.1) is 0 Å². The van der Waals surface area contributed by atoms with Gasteiger partial charge in [0.05, 0.1) is 20.3 Å². The van der Waals surface area contributed by atoms with Crippen LogP contribution in [0.4, 0.5) is 0 Å². The van der Waals surface area contributed by atoms with Gasteiger partial charge in [-0.2, -0.15) is 0 Å². The van der Waals surface area contributed by atoms with Gasteiger partial charge in [-0.05, 0) is 0 Å². The molecule has 2 aliphatic rings. The number of hydrogen-bond acceptors (Lipinski definition) is 7. The summed E-state index contributed by atoms with van der Waals surface area (Å²) in [7, 11) is 1.25. The summed E-state index contributed by atoms with van der Waals surface area (Å²) in [5, 5.41) is 0. The standard InChI is InChI=1S/C14H21NO6/c1-18-12(16)2-3-13(17)19-9-8-15-6-4-14(5-7-15)20-10-11-21-14/h2-3H,4-11H2,1H3. The van der Waals surface area contributed by atoms with Crippen molar-refractivity contribution in [1.29, 1.82) is 0 Å². The quantitative estimate of drug-likeness (QED) is 0.526. The molecule has 2 heterocycles. The fourth-order valence-electron chi connectivity index (χ4n) is 2.43. The number of likely N-dealkylation sites (tertiary alicyclic amines) is 1. The Kier molecular flexibility index (Phi) is 5.72. The Balaban J connectivity index is 1.60. The summed E-state index contributed by atoms with van der Waals surface area (Å²) < 4.78 is 20.7. The number of esters is 2. The van der Waals surface area contributed by atoms with Crippen molar-refractivity contribution in [2.75, 3.05) is 46.6 Å². The van der Waals surface area contributed by atoms with Crippen molar-refractivity contribution >= 4 is 11.9 Å². The summed E-state index contributed by atoms with van der Waals surface area (Å²) in [6, 6.07) is 0. The van der Waals surface area contributed by atoms with Crippen molar-refractivity contribution in [1.82, 2.24) is 4.90 Å². The Labute approximate surface area is 123 Å². The van der Waals surface area contributed by atoms with Crippen LogP contribution < -0.4 is 0 Å². The van der Waals surface area contributed by atoms with Crippen molar-refractivity contribution in [3.63, 3.8) is 0 Å². The van der Waals surface area contributed by atoms with E-state index in [9.17, 15) is 9.59 Å². The monoisotopic (exact) mass is 299 g/mol. The Morgan fingerprint density at radius 3 is 2.38 bits per heavy atom. The number of piperidine rings is 1. The van der Waals surface area contributed by atoms with Crippen LogP contribution in [0.15, 0.2) is 12.2 Å². The first-order valence-electron chi connectivity index (χ1n) is 7.07. The molecule has 2 rings (SSSR count). The molecule has 2 fully saturated rings. The second-order valence-corrected chi connectivity index (χ2v) is 4.97. The van der Waals surface area contributed by atoms with Gasteiger partial charge in [-0.25, -0.2) is 9.59 Å². The molecule has 0 saturated carbocycles. The average Bonchev–Trinajstić information content (AvgIpc) is 2.95. The Hall–Kier alpha value is -1.44. The first-order chi connectivity index (χ1) is 10.1. The minimum atomic E-state index is -0.579. The molecule has 2 saturated heterocycles. The van der Waals surface area contributed by atoms with Crippen molar-refractivity contribution in [3.05, 3.63) is 12.2 Å². The molecule has 0 atom stereocenters. The molecule has 0 aromatic carbocycles. The zero-order valence-corrected chi connectivity index (χ0v) is 12.2. The molecule has 0 aromatic rings. The molecule has 7 nitrogen and oxygen atoms in total. The maximum atomic E-state index is 11.3. The molecule has 7 heteroatoms. The third-order valence-electron chi connectivity index (χ3n) is 3.64. The van der Waals surface area contributed by atoms with Gasteiger partial charge in [0.15, 0.2) is 5.79 Å². The molecule has 1 spiro atoms. The highest BCUT2D eigenvalue weighted by Gasteiger charge is 2.39. The molecule has 0 bridgehead atoms.